The minimum Gasteiger partial charge on any atom is -0.448 e. The number of oxazole rings is 1. The van der Waals surface area contributed by atoms with Gasteiger partial charge in [0.05, 0.1) is 16.9 Å². The van der Waals surface area contributed by atoms with E-state index in [1.807, 2.05) is 0 Å². The molecule has 1 aliphatic rings. The third-order valence-corrected chi connectivity index (χ3v) is 4.07. The molecular formula is C18H11FN4O4. The van der Waals surface area contributed by atoms with Crippen molar-refractivity contribution in [2.75, 3.05) is 10.2 Å². The molecule has 3 amide bonds. The topological polar surface area (TPSA) is 105 Å². The minimum atomic E-state index is -0.813. The maximum absolute atomic E-state index is 14.5. The summed E-state index contributed by atoms with van der Waals surface area (Å²) in [5, 5.41) is 2.37. The van der Waals surface area contributed by atoms with Crippen molar-refractivity contribution in [3.63, 3.8) is 0 Å². The molecule has 1 N–H and O–H groups in total. The van der Waals surface area contributed by atoms with E-state index in [0.717, 1.165) is 17.4 Å². The van der Waals surface area contributed by atoms with Gasteiger partial charge in [0.2, 0.25) is 0 Å². The van der Waals surface area contributed by atoms with Crippen molar-refractivity contribution in [3.8, 4) is 0 Å². The molecule has 8 nitrogen and oxygen atoms in total. The van der Waals surface area contributed by atoms with Gasteiger partial charge < -0.3 is 9.73 Å². The van der Waals surface area contributed by atoms with Crippen molar-refractivity contribution in [2.45, 2.75) is 6.92 Å². The van der Waals surface area contributed by atoms with Gasteiger partial charge in [0.1, 0.15) is 17.3 Å². The Morgan fingerprint density at radius 3 is 2.67 bits per heavy atom. The lowest BCUT2D eigenvalue weighted by Gasteiger charge is -2.15. The fourth-order valence-corrected chi connectivity index (χ4v) is 2.75. The third kappa shape index (κ3) is 2.65. The Hall–Kier alpha value is -3.88. The Morgan fingerprint density at radius 2 is 2.00 bits per heavy atom. The Labute approximate surface area is 151 Å². The van der Waals surface area contributed by atoms with Crippen LogP contribution in [-0.2, 0) is 0 Å². The minimum absolute atomic E-state index is 0.0156. The summed E-state index contributed by atoms with van der Waals surface area (Å²) >= 11 is 0. The van der Waals surface area contributed by atoms with Crippen molar-refractivity contribution >= 4 is 29.1 Å². The molecule has 3 aromatic rings. The van der Waals surface area contributed by atoms with Crippen LogP contribution in [0.4, 0.5) is 15.8 Å². The smallest absolute Gasteiger partial charge is 0.284 e. The molecule has 9 heteroatoms. The van der Waals surface area contributed by atoms with E-state index in [4.69, 9.17) is 4.42 Å². The van der Waals surface area contributed by atoms with Crippen LogP contribution in [0, 0.1) is 12.7 Å². The van der Waals surface area contributed by atoms with Crippen LogP contribution in [0.25, 0.3) is 0 Å². The first-order valence-corrected chi connectivity index (χ1v) is 7.82. The van der Waals surface area contributed by atoms with Crippen LogP contribution in [0.2, 0.25) is 0 Å². The highest BCUT2D eigenvalue weighted by molar-refractivity contribution is 6.33. The predicted octanol–water partition coefficient (Wildman–Crippen LogP) is 2.57. The van der Waals surface area contributed by atoms with Gasteiger partial charge in [0.15, 0.2) is 12.1 Å². The number of rotatable bonds is 3. The van der Waals surface area contributed by atoms with Crippen LogP contribution in [0.15, 0.2) is 47.3 Å². The molecule has 0 saturated heterocycles. The highest BCUT2D eigenvalue weighted by Crippen LogP contribution is 2.29. The number of nitrogens with zero attached hydrogens (tertiary/aromatic N) is 3. The summed E-state index contributed by atoms with van der Waals surface area (Å²) in [5.74, 6) is -2.38. The molecular weight excluding hydrogens is 355 g/mol. The lowest BCUT2D eigenvalue weighted by molar-refractivity contribution is 0.0923. The van der Waals surface area contributed by atoms with Gasteiger partial charge in [-0.1, -0.05) is 0 Å². The Kier molecular flexibility index (Phi) is 3.76. The van der Waals surface area contributed by atoms with E-state index >= 15 is 0 Å². The zero-order chi connectivity index (χ0) is 19.1. The molecule has 2 aromatic heterocycles. The van der Waals surface area contributed by atoms with Crippen LogP contribution in [0.1, 0.15) is 37.1 Å². The fourth-order valence-electron chi connectivity index (χ4n) is 2.75. The molecule has 4 rings (SSSR count). The Morgan fingerprint density at radius 1 is 1.19 bits per heavy atom. The van der Waals surface area contributed by atoms with E-state index in [0.29, 0.717) is 5.76 Å². The Balaban J connectivity index is 1.61. The lowest BCUT2D eigenvalue weighted by Crippen LogP contribution is -2.29. The number of amides is 3. The number of pyridine rings is 1. The molecule has 0 aliphatic carbocycles. The SMILES string of the molecule is Cc1ocnc1C(=O)Nc1ccc(N2C(=O)c3cccnc3C2=O)cc1F. The van der Waals surface area contributed by atoms with E-state index in [1.165, 1.54) is 24.4 Å². The summed E-state index contributed by atoms with van der Waals surface area (Å²) in [6.45, 7) is 1.55. The molecule has 0 unspecified atom stereocenters. The van der Waals surface area contributed by atoms with Gasteiger partial charge in [-0.05, 0) is 31.2 Å². The van der Waals surface area contributed by atoms with Gasteiger partial charge in [-0.15, -0.1) is 0 Å². The number of nitrogens with one attached hydrogen (secondary N) is 1. The fraction of sp³-hybridized carbons (Fsp3) is 0.0556. The van der Waals surface area contributed by atoms with E-state index in [1.54, 1.807) is 13.0 Å². The van der Waals surface area contributed by atoms with Crippen LogP contribution < -0.4 is 10.2 Å². The first-order valence-electron chi connectivity index (χ1n) is 7.82. The molecule has 0 radical (unpaired) electrons. The average Bonchev–Trinajstić information content (AvgIpc) is 3.19. The summed E-state index contributed by atoms with van der Waals surface area (Å²) < 4.78 is 19.4. The average molecular weight is 366 g/mol. The number of hydrogen-bond acceptors (Lipinski definition) is 6. The van der Waals surface area contributed by atoms with E-state index < -0.39 is 23.5 Å². The maximum atomic E-state index is 14.5. The number of carbonyl (C=O) groups is 3. The summed E-state index contributed by atoms with van der Waals surface area (Å²) in [6.07, 6.45) is 2.51. The molecule has 0 atom stereocenters. The summed E-state index contributed by atoms with van der Waals surface area (Å²) in [5.41, 5.74) is 0.116. The van der Waals surface area contributed by atoms with E-state index in [2.05, 4.69) is 15.3 Å². The third-order valence-electron chi connectivity index (χ3n) is 4.07. The molecule has 0 bridgehead atoms. The maximum Gasteiger partial charge on any atom is 0.284 e. The summed E-state index contributed by atoms with van der Waals surface area (Å²) in [6, 6.07) is 6.63. The van der Waals surface area contributed by atoms with Gasteiger partial charge in [0.25, 0.3) is 17.7 Å². The van der Waals surface area contributed by atoms with Crippen molar-refractivity contribution < 1.29 is 23.2 Å². The summed E-state index contributed by atoms with van der Waals surface area (Å²) in [7, 11) is 0. The Bertz CT molecular complexity index is 1070. The molecule has 1 aliphatic heterocycles. The second-order valence-electron chi connectivity index (χ2n) is 5.72. The molecule has 0 saturated carbocycles. The molecule has 27 heavy (non-hydrogen) atoms. The molecule has 134 valence electrons. The van der Waals surface area contributed by atoms with Gasteiger partial charge in [0, 0.05) is 12.3 Å². The number of anilines is 2. The quantitative estimate of drug-likeness (QED) is 0.714. The second-order valence-corrected chi connectivity index (χ2v) is 5.72. The second kappa shape index (κ2) is 6.13. The van der Waals surface area contributed by atoms with Crippen molar-refractivity contribution in [1.29, 1.82) is 0 Å². The first kappa shape index (κ1) is 16.6. The van der Waals surface area contributed by atoms with Gasteiger partial charge in [-0.3, -0.25) is 19.4 Å². The molecule has 0 fully saturated rings. The van der Waals surface area contributed by atoms with Crippen molar-refractivity contribution in [3.05, 3.63) is 71.5 Å². The number of halogens is 1. The highest BCUT2D eigenvalue weighted by atomic mass is 19.1. The largest absolute Gasteiger partial charge is 0.448 e. The van der Waals surface area contributed by atoms with Crippen molar-refractivity contribution in [1.82, 2.24) is 9.97 Å². The number of benzene rings is 1. The predicted molar refractivity (Wildman–Crippen MR) is 91.0 cm³/mol. The molecule has 1 aromatic carbocycles. The standard InChI is InChI=1S/C18H11FN4O4/c1-9-14(21-8-27-9)16(24)22-13-5-4-10(7-12(13)19)23-17(25)11-3-2-6-20-15(11)18(23)26/h2-8H,1H3,(H,22,24). The lowest BCUT2D eigenvalue weighted by atomic mass is 10.2. The normalized spacial score (nSPS) is 13.0. The summed E-state index contributed by atoms with van der Waals surface area (Å²) in [4.78, 5) is 45.5. The van der Waals surface area contributed by atoms with Crippen molar-refractivity contribution in [2.24, 2.45) is 0 Å². The van der Waals surface area contributed by atoms with E-state index in [9.17, 15) is 18.8 Å². The van der Waals surface area contributed by atoms with Crippen LogP contribution in [0.3, 0.4) is 0 Å². The number of fused-ring (bicyclic) bond motifs is 1. The van der Waals surface area contributed by atoms with Gasteiger partial charge in [-0.2, -0.15) is 0 Å². The molecule has 3 heterocycles. The number of carbonyl (C=O) groups excluding carboxylic acids is 3. The number of aromatic nitrogens is 2. The van der Waals surface area contributed by atoms with Gasteiger partial charge >= 0.3 is 0 Å². The first-order chi connectivity index (χ1) is 13.0. The molecule has 0 spiro atoms. The monoisotopic (exact) mass is 366 g/mol. The number of imide groups is 1. The van der Waals surface area contributed by atoms with Gasteiger partial charge in [-0.25, -0.2) is 14.3 Å². The van der Waals surface area contributed by atoms with Crippen LogP contribution in [0.5, 0.6) is 0 Å². The number of hydrogen-bond donors (Lipinski definition) is 1. The zero-order valence-corrected chi connectivity index (χ0v) is 13.9. The van der Waals surface area contributed by atoms with E-state index in [-0.39, 0.29) is 28.3 Å². The number of aryl methyl sites for hydroxylation is 1. The van der Waals surface area contributed by atoms with Crippen LogP contribution >= 0.6 is 0 Å². The zero-order valence-electron chi connectivity index (χ0n) is 13.9. The van der Waals surface area contributed by atoms with Crippen LogP contribution in [-0.4, -0.2) is 27.7 Å². The highest BCUT2D eigenvalue weighted by Gasteiger charge is 2.38.